The molecule has 3 nitrogen and oxygen atoms in total. The SMILES string of the molecule is O=C1Cc2ccc(Cl)cc2C(c2ccccc2)=NC1O. The van der Waals surface area contributed by atoms with E-state index in [1.165, 1.54) is 0 Å². The molecule has 3 rings (SSSR count). The van der Waals surface area contributed by atoms with E-state index in [1.807, 2.05) is 36.4 Å². The number of benzene rings is 2. The van der Waals surface area contributed by atoms with Crippen molar-refractivity contribution in [2.75, 3.05) is 0 Å². The molecule has 1 aliphatic rings. The lowest BCUT2D eigenvalue weighted by atomic mass is 9.96. The molecule has 1 aliphatic heterocycles. The topological polar surface area (TPSA) is 49.7 Å². The van der Waals surface area contributed by atoms with Gasteiger partial charge in [0.25, 0.3) is 0 Å². The third-order valence-electron chi connectivity index (χ3n) is 3.28. The van der Waals surface area contributed by atoms with E-state index >= 15 is 0 Å². The van der Waals surface area contributed by atoms with Crippen molar-refractivity contribution in [2.24, 2.45) is 4.99 Å². The van der Waals surface area contributed by atoms with Gasteiger partial charge in [-0.25, -0.2) is 4.99 Å². The molecule has 0 spiro atoms. The second-order valence-corrected chi connectivity index (χ2v) is 5.10. The van der Waals surface area contributed by atoms with Gasteiger partial charge in [0.2, 0.25) is 6.23 Å². The van der Waals surface area contributed by atoms with Crippen molar-refractivity contribution in [3.63, 3.8) is 0 Å². The Morgan fingerprint density at radius 1 is 1.15 bits per heavy atom. The number of nitrogens with zero attached hydrogens (tertiary/aromatic N) is 1. The van der Waals surface area contributed by atoms with Crippen LogP contribution in [0.25, 0.3) is 0 Å². The van der Waals surface area contributed by atoms with Gasteiger partial charge in [0, 0.05) is 22.6 Å². The molecule has 1 atom stereocenters. The van der Waals surface area contributed by atoms with Gasteiger partial charge in [-0.15, -0.1) is 0 Å². The van der Waals surface area contributed by atoms with Crippen molar-refractivity contribution < 1.29 is 9.90 Å². The summed E-state index contributed by atoms with van der Waals surface area (Å²) < 4.78 is 0. The average molecular weight is 286 g/mol. The number of carbonyl (C=O) groups excluding carboxylic acids is 1. The van der Waals surface area contributed by atoms with Crippen LogP contribution in [0.5, 0.6) is 0 Å². The van der Waals surface area contributed by atoms with E-state index in [0.29, 0.717) is 10.7 Å². The van der Waals surface area contributed by atoms with E-state index in [2.05, 4.69) is 4.99 Å². The number of fused-ring (bicyclic) bond motifs is 1. The molecule has 0 saturated carbocycles. The minimum Gasteiger partial charge on any atom is -0.366 e. The number of hydrogen-bond acceptors (Lipinski definition) is 3. The number of aliphatic hydroxyl groups excluding tert-OH is 1. The number of Topliss-reactive ketones (excluding diaryl/α,β-unsaturated/α-hetero) is 1. The first-order chi connectivity index (χ1) is 9.65. The predicted octanol–water partition coefficient (Wildman–Crippen LogP) is 2.62. The fourth-order valence-electron chi connectivity index (χ4n) is 2.29. The molecule has 0 amide bonds. The fourth-order valence-corrected chi connectivity index (χ4v) is 2.46. The maximum Gasteiger partial charge on any atom is 0.205 e. The maximum absolute atomic E-state index is 11.8. The van der Waals surface area contributed by atoms with Crippen molar-refractivity contribution in [1.29, 1.82) is 0 Å². The summed E-state index contributed by atoms with van der Waals surface area (Å²) >= 11 is 6.05. The number of rotatable bonds is 1. The molecule has 0 aromatic heterocycles. The summed E-state index contributed by atoms with van der Waals surface area (Å²) in [5.74, 6) is -0.306. The van der Waals surface area contributed by atoms with Crippen LogP contribution < -0.4 is 0 Å². The van der Waals surface area contributed by atoms with Crippen LogP contribution in [-0.2, 0) is 11.2 Å². The third-order valence-corrected chi connectivity index (χ3v) is 3.51. The van der Waals surface area contributed by atoms with E-state index in [0.717, 1.165) is 16.7 Å². The molecule has 100 valence electrons. The van der Waals surface area contributed by atoms with Gasteiger partial charge in [0.1, 0.15) is 0 Å². The molecule has 0 fully saturated rings. The van der Waals surface area contributed by atoms with Gasteiger partial charge in [-0.1, -0.05) is 48.0 Å². The highest BCUT2D eigenvalue weighted by Crippen LogP contribution is 2.24. The molecule has 20 heavy (non-hydrogen) atoms. The quantitative estimate of drug-likeness (QED) is 0.876. The smallest absolute Gasteiger partial charge is 0.205 e. The summed E-state index contributed by atoms with van der Waals surface area (Å²) in [5.41, 5.74) is 3.08. The lowest BCUT2D eigenvalue weighted by molar-refractivity contribution is -0.125. The zero-order valence-corrected chi connectivity index (χ0v) is 11.3. The summed E-state index contributed by atoms with van der Waals surface area (Å²) in [7, 11) is 0. The van der Waals surface area contributed by atoms with Crippen LogP contribution in [0.4, 0.5) is 0 Å². The van der Waals surface area contributed by atoms with Crippen LogP contribution in [0.1, 0.15) is 16.7 Å². The minimum absolute atomic E-state index is 0.160. The number of aliphatic hydroxyl groups is 1. The molecular weight excluding hydrogens is 274 g/mol. The highest BCUT2D eigenvalue weighted by Gasteiger charge is 2.24. The molecule has 1 unspecified atom stereocenters. The first-order valence-electron chi connectivity index (χ1n) is 6.28. The molecular formula is C16H12ClNO2. The molecule has 1 heterocycles. The van der Waals surface area contributed by atoms with E-state index in [1.54, 1.807) is 12.1 Å². The Kier molecular flexibility index (Phi) is 3.38. The van der Waals surface area contributed by atoms with Crippen LogP contribution >= 0.6 is 11.6 Å². The van der Waals surface area contributed by atoms with Gasteiger partial charge in [0.05, 0.1) is 5.71 Å². The van der Waals surface area contributed by atoms with Crippen molar-refractivity contribution in [3.05, 3.63) is 70.2 Å². The first kappa shape index (κ1) is 13.0. The first-order valence-corrected chi connectivity index (χ1v) is 6.66. The molecule has 0 bridgehead atoms. The standard InChI is InChI=1S/C16H12ClNO2/c17-12-7-6-11-8-14(19)16(20)18-15(13(11)9-12)10-4-2-1-3-5-10/h1-7,9,16,20H,8H2. The molecule has 2 aromatic rings. The lowest BCUT2D eigenvalue weighted by Gasteiger charge is -2.10. The molecule has 0 saturated heterocycles. The Morgan fingerprint density at radius 2 is 1.90 bits per heavy atom. The van der Waals surface area contributed by atoms with Gasteiger partial charge in [-0.2, -0.15) is 0 Å². The summed E-state index contributed by atoms with van der Waals surface area (Å²) in [4.78, 5) is 16.0. The summed E-state index contributed by atoms with van der Waals surface area (Å²) in [6.07, 6.45) is -1.16. The van der Waals surface area contributed by atoms with E-state index in [-0.39, 0.29) is 12.2 Å². The van der Waals surface area contributed by atoms with Crippen molar-refractivity contribution in [1.82, 2.24) is 0 Å². The predicted molar refractivity (Wildman–Crippen MR) is 78.3 cm³/mol. The number of halogens is 1. The van der Waals surface area contributed by atoms with E-state index in [9.17, 15) is 9.90 Å². The van der Waals surface area contributed by atoms with Crippen LogP contribution in [0.15, 0.2) is 53.5 Å². The Morgan fingerprint density at radius 3 is 2.65 bits per heavy atom. The number of carbonyl (C=O) groups is 1. The zero-order valence-electron chi connectivity index (χ0n) is 10.6. The molecule has 1 N–H and O–H groups in total. The molecule has 0 aliphatic carbocycles. The van der Waals surface area contributed by atoms with Gasteiger partial charge in [0.15, 0.2) is 5.78 Å². The van der Waals surface area contributed by atoms with Crippen molar-refractivity contribution in [2.45, 2.75) is 12.6 Å². The maximum atomic E-state index is 11.8. The van der Waals surface area contributed by atoms with Crippen molar-refractivity contribution in [3.8, 4) is 0 Å². The van der Waals surface area contributed by atoms with Crippen LogP contribution in [0.2, 0.25) is 5.02 Å². The third kappa shape index (κ3) is 2.38. The average Bonchev–Trinajstić information content (AvgIpc) is 2.58. The largest absolute Gasteiger partial charge is 0.366 e. The van der Waals surface area contributed by atoms with E-state index < -0.39 is 6.23 Å². The normalized spacial score (nSPS) is 18.2. The summed E-state index contributed by atoms with van der Waals surface area (Å²) in [6, 6.07) is 14.8. The Bertz CT molecular complexity index is 695. The number of hydrogen-bond donors (Lipinski definition) is 1. The minimum atomic E-state index is -1.32. The van der Waals surface area contributed by atoms with Gasteiger partial charge in [-0.3, -0.25) is 4.79 Å². The zero-order chi connectivity index (χ0) is 14.1. The summed E-state index contributed by atoms with van der Waals surface area (Å²) in [6.45, 7) is 0. The monoisotopic (exact) mass is 285 g/mol. The lowest BCUT2D eigenvalue weighted by Crippen LogP contribution is -2.19. The number of aliphatic imine (C=N–C) groups is 1. The number of ketones is 1. The van der Waals surface area contributed by atoms with E-state index in [4.69, 9.17) is 11.6 Å². The molecule has 0 radical (unpaired) electrons. The van der Waals surface area contributed by atoms with Gasteiger partial charge >= 0.3 is 0 Å². The highest BCUT2D eigenvalue weighted by atomic mass is 35.5. The highest BCUT2D eigenvalue weighted by molar-refractivity contribution is 6.31. The van der Waals surface area contributed by atoms with Crippen LogP contribution in [0, 0.1) is 0 Å². The van der Waals surface area contributed by atoms with Crippen LogP contribution in [0.3, 0.4) is 0 Å². The summed E-state index contributed by atoms with van der Waals surface area (Å²) in [5, 5.41) is 10.4. The Labute approximate surface area is 121 Å². The van der Waals surface area contributed by atoms with Gasteiger partial charge in [-0.05, 0) is 17.7 Å². The molecule has 2 aromatic carbocycles. The second kappa shape index (κ2) is 5.19. The molecule has 4 heteroatoms. The Balaban J connectivity index is 2.23. The van der Waals surface area contributed by atoms with Crippen LogP contribution in [-0.4, -0.2) is 22.8 Å². The Hall–Kier alpha value is -1.97. The van der Waals surface area contributed by atoms with Crippen molar-refractivity contribution >= 4 is 23.1 Å². The fraction of sp³-hybridized carbons (Fsp3) is 0.125. The van der Waals surface area contributed by atoms with Gasteiger partial charge < -0.3 is 5.11 Å². The second-order valence-electron chi connectivity index (χ2n) is 4.66.